The minimum absolute atomic E-state index is 0.537. The van der Waals surface area contributed by atoms with Crippen LogP contribution in [0.15, 0.2) is 53.5 Å². The Morgan fingerprint density at radius 2 is 2.07 bits per heavy atom. The van der Waals surface area contributed by atoms with Crippen LogP contribution in [-0.4, -0.2) is 54.1 Å². The van der Waals surface area contributed by atoms with E-state index in [2.05, 4.69) is 57.4 Å². The van der Waals surface area contributed by atoms with Crippen LogP contribution in [0.4, 0.5) is 0 Å². The normalized spacial score (nSPS) is 16.9. The van der Waals surface area contributed by atoms with Crippen molar-refractivity contribution in [2.45, 2.75) is 32.1 Å². The molecule has 6 nitrogen and oxygen atoms in total. The van der Waals surface area contributed by atoms with Gasteiger partial charge in [0.05, 0.1) is 18.1 Å². The first-order valence-electron chi connectivity index (χ1n) is 10.9. The van der Waals surface area contributed by atoms with Crippen LogP contribution in [0.2, 0.25) is 0 Å². The predicted octanol–water partition coefficient (Wildman–Crippen LogP) is 3.96. The van der Waals surface area contributed by atoms with Gasteiger partial charge in [-0.15, -0.1) is 0 Å². The molecule has 0 bridgehead atoms. The van der Waals surface area contributed by atoms with Gasteiger partial charge in [-0.25, -0.2) is 4.98 Å². The maximum Gasteiger partial charge on any atom is 0.193 e. The second-order valence-electron chi connectivity index (χ2n) is 7.74. The van der Waals surface area contributed by atoms with Gasteiger partial charge in [0, 0.05) is 38.5 Å². The Morgan fingerprint density at radius 1 is 1.23 bits per heavy atom. The van der Waals surface area contributed by atoms with E-state index in [0.717, 1.165) is 74.0 Å². The molecule has 1 aliphatic heterocycles. The number of methoxy groups -OCH3 is 1. The number of likely N-dealkylation sites (tertiary alicyclic amines) is 1. The lowest BCUT2D eigenvalue weighted by Crippen LogP contribution is -2.40. The highest BCUT2D eigenvalue weighted by Crippen LogP contribution is 2.28. The summed E-state index contributed by atoms with van der Waals surface area (Å²) in [4.78, 5) is 15.3. The third kappa shape index (κ3) is 4.75. The van der Waals surface area contributed by atoms with Crippen molar-refractivity contribution in [3.05, 3.63) is 59.9 Å². The zero-order valence-corrected chi connectivity index (χ0v) is 17.9. The maximum atomic E-state index is 5.28. The highest BCUT2D eigenvalue weighted by atomic mass is 16.5. The molecular weight excluding hydrogens is 374 g/mol. The fraction of sp³-hybridized carbons (Fsp3) is 0.417. The molecular formula is C24H31N5O. The molecule has 0 spiro atoms. The van der Waals surface area contributed by atoms with Crippen molar-refractivity contribution in [3.8, 4) is 5.75 Å². The minimum atomic E-state index is 0.537. The molecule has 1 aromatic heterocycles. The number of aryl methyl sites for hydroxylation is 1. The molecule has 1 atom stereocenters. The summed E-state index contributed by atoms with van der Waals surface area (Å²) in [7, 11) is 1.71. The van der Waals surface area contributed by atoms with E-state index < -0.39 is 0 Å². The number of rotatable bonds is 7. The number of aliphatic imine (C=N–C) groups is 1. The molecule has 3 aromatic rings. The molecule has 1 fully saturated rings. The third-order valence-electron chi connectivity index (χ3n) is 5.68. The van der Waals surface area contributed by atoms with Crippen LogP contribution in [0.5, 0.6) is 5.75 Å². The second-order valence-corrected chi connectivity index (χ2v) is 7.74. The molecule has 2 aromatic carbocycles. The molecule has 2 heterocycles. The highest BCUT2D eigenvalue weighted by Gasteiger charge is 2.26. The lowest BCUT2D eigenvalue weighted by atomic mass is 9.98. The summed E-state index contributed by atoms with van der Waals surface area (Å²) in [5, 5.41) is 3.47. The number of ether oxygens (including phenoxy) is 1. The van der Waals surface area contributed by atoms with Crippen LogP contribution >= 0.6 is 0 Å². The molecule has 158 valence electrons. The molecule has 4 rings (SSSR count). The molecule has 0 saturated carbocycles. The van der Waals surface area contributed by atoms with E-state index in [9.17, 15) is 0 Å². The standard InChI is InChI=1S/C24H31N5O/c1-3-25-24(26-15-6-9-23-27-21-7-4-5-8-22(21)28-23)29-16-14-19(17-29)18-10-12-20(30-2)13-11-18/h4-5,7-8,10-13,19H,3,6,9,14-17H2,1-2H3,(H,25,26)(H,27,28). The number of imidazole rings is 1. The van der Waals surface area contributed by atoms with E-state index in [-0.39, 0.29) is 0 Å². The summed E-state index contributed by atoms with van der Waals surface area (Å²) in [5.74, 6) is 3.51. The van der Waals surface area contributed by atoms with Crippen molar-refractivity contribution in [2.24, 2.45) is 4.99 Å². The molecule has 1 saturated heterocycles. The van der Waals surface area contributed by atoms with Crippen LogP contribution < -0.4 is 10.1 Å². The van der Waals surface area contributed by atoms with Crippen molar-refractivity contribution in [1.29, 1.82) is 0 Å². The Balaban J connectivity index is 1.32. The van der Waals surface area contributed by atoms with E-state index in [1.807, 2.05) is 18.2 Å². The van der Waals surface area contributed by atoms with Gasteiger partial charge in [-0.3, -0.25) is 4.99 Å². The molecule has 0 amide bonds. The molecule has 0 aliphatic carbocycles. The van der Waals surface area contributed by atoms with Crippen LogP contribution in [0, 0.1) is 0 Å². The molecule has 2 N–H and O–H groups in total. The van der Waals surface area contributed by atoms with Gasteiger partial charge in [0.15, 0.2) is 5.96 Å². The summed E-state index contributed by atoms with van der Waals surface area (Å²) in [6.45, 7) is 5.84. The topological polar surface area (TPSA) is 65.5 Å². The van der Waals surface area contributed by atoms with E-state index in [0.29, 0.717) is 5.92 Å². The number of nitrogens with one attached hydrogen (secondary N) is 2. The monoisotopic (exact) mass is 405 g/mol. The van der Waals surface area contributed by atoms with Gasteiger partial charge in [0.2, 0.25) is 0 Å². The summed E-state index contributed by atoms with van der Waals surface area (Å²) < 4.78 is 5.28. The predicted molar refractivity (Wildman–Crippen MR) is 122 cm³/mol. The van der Waals surface area contributed by atoms with Crippen LogP contribution in [0.25, 0.3) is 11.0 Å². The van der Waals surface area contributed by atoms with Crippen molar-refractivity contribution in [1.82, 2.24) is 20.2 Å². The summed E-state index contributed by atoms with van der Waals surface area (Å²) in [6, 6.07) is 16.6. The average molecular weight is 406 g/mol. The molecule has 0 radical (unpaired) electrons. The number of benzene rings is 2. The molecule has 1 aliphatic rings. The lowest BCUT2D eigenvalue weighted by molar-refractivity contribution is 0.414. The van der Waals surface area contributed by atoms with E-state index in [1.165, 1.54) is 5.56 Å². The number of para-hydroxylation sites is 2. The lowest BCUT2D eigenvalue weighted by Gasteiger charge is -2.21. The smallest absolute Gasteiger partial charge is 0.193 e. The van der Waals surface area contributed by atoms with Gasteiger partial charge >= 0.3 is 0 Å². The number of H-pyrrole nitrogens is 1. The first kappa shape index (κ1) is 20.3. The molecule has 30 heavy (non-hydrogen) atoms. The number of hydrogen-bond donors (Lipinski definition) is 2. The van der Waals surface area contributed by atoms with Gasteiger partial charge in [-0.1, -0.05) is 24.3 Å². The number of hydrogen-bond acceptors (Lipinski definition) is 3. The second kappa shape index (κ2) is 9.65. The van der Waals surface area contributed by atoms with Gasteiger partial charge < -0.3 is 19.9 Å². The van der Waals surface area contributed by atoms with E-state index in [4.69, 9.17) is 9.73 Å². The largest absolute Gasteiger partial charge is 0.497 e. The third-order valence-corrected chi connectivity index (χ3v) is 5.68. The zero-order valence-electron chi connectivity index (χ0n) is 17.9. The fourth-order valence-corrected chi connectivity index (χ4v) is 4.08. The van der Waals surface area contributed by atoms with E-state index >= 15 is 0 Å². The zero-order chi connectivity index (χ0) is 20.8. The van der Waals surface area contributed by atoms with Crippen molar-refractivity contribution in [3.63, 3.8) is 0 Å². The van der Waals surface area contributed by atoms with Gasteiger partial charge in [-0.2, -0.15) is 0 Å². The van der Waals surface area contributed by atoms with Crippen molar-refractivity contribution < 1.29 is 4.74 Å². The number of aromatic nitrogens is 2. The number of guanidine groups is 1. The van der Waals surface area contributed by atoms with Gasteiger partial charge in [-0.05, 0) is 49.6 Å². The number of fused-ring (bicyclic) bond motifs is 1. The Hall–Kier alpha value is -3.02. The molecule has 6 heteroatoms. The summed E-state index contributed by atoms with van der Waals surface area (Å²) in [6.07, 6.45) is 3.03. The fourth-order valence-electron chi connectivity index (χ4n) is 4.08. The van der Waals surface area contributed by atoms with E-state index in [1.54, 1.807) is 7.11 Å². The highest BCUT2D eigenvalue weighted by molar-refractivity contribution is 5.80. The Labute approximate surface area is 178 Å². The average Bonchev–Trinajstić information content (AvgIpc) is 3.43. The number of aromatic amines is 1. The molecule has 1 unspecified atom stereocenters. The first-order valence-corrected chi connectivity index (χ1v) is 10.9. The SMILES string of the molecule is CCNC(=NCCCc1nc2ccccc2[nH]1)N1CCC(c2ccc(OC)cc2)C1. The van der Waals surface area contributed by atoms with Gasteiger partial charge in [0.1, 0.15) is 11.6 Å². The Bertz CT molecular complexity index is 946. The maximum absolute atomic E-state index is 5.28. The Morgan fingerprint density at radius 3 is 2.83 bits per heavy atom. The first-order chi connectivity index (χ1) is 14.8. The summed E-state index contributed by atoms with van der Waals surface area (Å²) >= 11 is 0. The van der Waals surface area contributed by atoms with Crippen LogP contribution in [-0.2, 0) is 6.42 Å². The van der Waals surface area contributed by atoms with Gasteiger partial charge in [0.25, 0.3) is 0 Å². The van der Waals surface area contributed by atoms with Crippen molar-refractivity contribution >= 4 is 17.0 Å². The summed E-state index contributed by atoms with van der Waals surface area (Å²) in [5.41, 5.74) is 3.51. The number of nitrogens with zero attached hydrogens (tertiary/aromatic N) is 3. The quantitative estimate of drug-likeness (QED) is 0.355. The van der Waals surface area contributed by atoms with Crippen LogP contribution in [0.1, 0.15) is 37.1 Å². The Kier molecular flexibility index (Phi) is 6.52. The van der Waals surface area contributed by atoms with Crippen molar-refractivity contribution in [2.75, 3.05) is 33.3 Å². The van der Waals surface area contributed by atoms with Crippen LogP contribution in [0.3, 0.4) is 0 Å². The minimum Gasteiger partial charge on any atom is -0.497 e.